The van der Waals surface area contributed by atoms with Crippen LogP contribution in [0.2, 0.25) is 5.02 Å². The summed E-state index contributed by atoms with van der Waals surface area (Å²) in [7, 11) is -9.65. The average Bonchev–Trinajstić information content (AvgIpc) is 1.99. The molecule has 1 aromatic carbocycles. The van der Waals surface area contributed by atoms with Crippen LogP contribution < -0.4 is 5.73 Å². The molecule has 0 aliphatic rings. The zero-order chi connectivity index (χ0) is 12.0. The molecule has 0 bridgehead atoms. The van der Waals surface area contributed by atoms with Gasteiger partial charge in [-0.05, 0) is 23.8 Å². The molecule has 0 aliphatic heterocycles. The van der Waals surface area contributed by atoms with Crippen LogP contribution in [0.1, 0.15) is 5.56 Å². The monoisotopic (exact) mass is 267 g/mol. The summed E-state index contributed by atoms with van der Waals surface area (Å²) in [4.78, 5) is -2.01. The van der Waals surface area contributed by atoms with Gasteiger partial charge in [-0.1, -0.05) is 31.0 Å². The van der Waals surface area contributed by atoms with Crippen LogP contribution in [-0.2, 0) is 6.54 Å². The van der Waals surface area contributed by atoms with Crippen molar-refractivity contribution in [2.24, 2.45) is 5.73 Å². The van der Waals surface area contributed by atoms with Crippen LogP contribution in [0.25, 0.3) is 0 Å². The van der Waals surface area contributed by atoms with Gasteiger partial charge in [0.05, 0.1) is 0 Å². The predicted molar refractivity (Wildman–Crippen MR) is 50.7 cm³/mol. The Morgan fingerprint density at radius 3 is 2.00 bits per heavy atom. The standard InChI is InChI=1S/C7H7ClF5NS/c8-6-1-5(4-14)2-7(3-6)15(9,10,11,12)13/h1-3H,4,14H2. The Labute approximate surface area is 87.7 Å². The highest BCUT2D eigenvalue weighted by Gasteiger charge is 2.65. The van der Waals surface area contributed by atoms with Crippen molar-refractivity contribution in [3.63, 3.8) is 0 Å². The van der Waals surface area contributed by atoms with Crippen LogP contribution in [0.3, 0.4) is 0 Å². The second kappa shape index (κ2) is 2.78. The lowest BCUT2D eigenvalue weighted by Gasteiger charge is -2.40. The molecule has 1 nitrogen and oxygen atoms in total. The Kier molecular flexibility index (Phi) is 2.32. The molecule has 0 aromatic heterocycles. The molecule has 0 atom stereocenters. The highest BCUT2D eigenvalue weighted by Crippen LogP contribution is 3.02. The number of hydrogen-bond donors (Lipinski definition) is 1. The fraction of sp³-hybridized carbons (Fsp3) is 0.143. The van der Waals surface area contributed by atoms with E-state index in [0.717, 1.165) is 6.07 Å². The van der Waals surface area contributed by atoms with E-state index in [9.17, 15) is 19.4 Å². The molecule has 0 amide bonds. The van der Waals surface area contributed by atoms with Crippen LogP contribution in [0.4, 0.5) is 19.4 Å². The fourth-order valence-electron chi connectivity index (χ4n) is 0.961. The van der Waals surface area contributed by atoms with Gasteiger partial charge in [-0.25, -0.2) is 0 Å². The molecular formula is C7H7ClF5NS. The molecule has 1 aromatic rings. The van der Waals surface area contributed by atoms with Crippen molar-refractivity contribution >= 4 is 21.8 Å². The van der Waals surface area contributed by atoms with Crippen molar-refractivity contribution in [1.29, 1.82) is 0 Å². The largest absolute Gasteiger partial charge is 0.326 e. The molecule has 2 N–H and O–H groups in total. The van der Waals surface area contributed by atoms with Crippen molar-refractivity contribution < 1.29 is 19.4 Å². The van der Waals surface area contributed by atoms with E-state index in [-0.39, 0.29) is 18.2 Å². The summed E-state index contributed by atoms with van der Waals surface area (Å²) in [6, 6.07) is 1.62. The van der Waals surface area contributed by atoms with E-state index in [2.05, 4.69) is 0 Å². The first-order valence-corrected chi connectivity index (χ1v) is 5.99. The Bertz CT molecular complexity index is 401. The third-order valence-electron chi connectivity index (χ3n) is 1.61. The minimum absolute atomic E-state index is 0.0919. The highest BCUT2D eigenvalue weighted by atomic mass is 35.5. The fourth-order valence-corrected chi connectivity index (χ4v) is 2.01. The normalized spacial score (nSPS) is 17.0. The number of nitrogens with two attached hydrogens (primary N) is 1. The number of halogens is 6. The second-order valence-electron chi connectivity index (χ2n) is 2.97. The van der Waals surface area contributed by atoms with E-state index in [0.29, 0.717) is 6.07 Å². The zero-order valence-corrected chi connectivity index (χ0v) is 8.76. The molecule has 0 heterocycles. The maximum atomic E-state index is 12.3. The van der Waals surface area contributed by atoms with E-state index in [1.54, 1.807) is 0 Å². The van der Waals surface area contributed by atoms with Gasteiger partial charge in [-0.15, -0.1) is 0 Å². The average molecular weight is 268 g/mol. The van der Waals surface area contributed by atoms with E-state index in [1.807, 2.05) is 0 Å². The summed E-state index contributed by atoms with van der Waals surface area (Å²) in [5.41, 5.74) is 4.97. The second-order valence-corrected chi connectivity index (χ2v) is 5.81. The van der Waals surface area contributed by atoms with Gasteiger partial charge in [0.2, 0.25) is 0 Å². The molecular weight excluding hydrogens is 261 g/mol. The smallest absolute Gasteiger partial charge is 0.310 e. The minimum atomic E-state index is -9.65. The zero-order valence-electron chi connectivity index (χ0n) is 7.19. The number of rotatable bonds is 2. The van der Waals surface area contributed by atoms with E-state index in [1.165, 1.54) is 0 Å². The van der Waals surface area contributed by atoms with Gasteiger partial charge in [0.15, 0.2) is 0 Å². The van der Waals surface area contributed by atoms with Crippen LogP contribution in [0.5, 0.6) is 0 Å². The lowest BCUT2D eigenvalue weighted by Crippen LogP contribution is -2.07. The molecule has 8 heteroatoms. The summed E-state index contributed by atoms with van der Waals surface area (Å²) in [5.74, 6) is 0. The van der Waals surface area contributed by atoms with E-state index < -0.39 is 20.1 Å². The number of hydrogen-bond acceptors (Lipinski definition) is 1. The van der Waals surface area contributed by atoms with Gasteiger partial charge in [0.1, 0.15) is 4.90 Å². The Morgan fingerprint density at radius 2 is 1.60 bits per heavy atom. The first kappa shape index (κ1) is 12.5. The lowest BCUT2D eigenvalue weighted by molar-refractivity contribution is 0.364. The molecule has 0 fully saturated rings. The van der Waals surface area contributed by atoms with Gasteiger partial charge < -0.3 is 5.73 Å². The minimum Gasteiger partial charge on any atom is -0.326 e. The molecule has 0 aliphatic carbocycles. The van der Waals surface area contributed by atoms with Crippen LogP contribution in [-0.4, -0.2) is 0 Å². The lowest BCUT2D eigenvalue weighted by atomic mass is 10.2. The third kappa shape index (κ3) is 3.22. The molecule has 0 unspecified atom stereocenters. The van der Waals surface area contributed by atoms with Crippen LogP contribution in [0.15, 0.2) is 23.1 Å². The topological polar surface area (TPSA) is 26.0 Å². The number of benzene rings is 1. The van der Waals surface area contributed by atoms with Gasteiger partial charge in [-0.2, -0.15) is 0 Å². The molecule has 0 saturated carbocycles. The van der Waals surface area contributed by atoms with Crippen LogP contribution >= 0.6 is 21.8 Å². The van der Waals surface area contributed by atoms with Crippen molar-refractivity contribution in [3.8, 4) is 0 Å². The first-order valence-electron chi connectivity index (χ1n) is 3.66. The van der Waals surface area contributed by atoms with Crippen molar-refractivity contribution in [2.45, 2.75) is 11.4 Å². The van der Waals surface area contributed by atoms with E-state index >= 15 is 0 Å². The summed E-state index contributed by atoms with van der Waals surface area (Å²) in [6.07, 6.45) is 0. The Hall–Kier alpha value is -0.530. The van der Waals surface area contributed by atoms with Crippen LogP contribution in [0, 0.1) is 0 Å². The Morgan fingerprint density at radius 1 is 1.07 bits per heavy atom. The first-order chi connectivity index (χ1) is 6.42. The quantitative estimate of drug-likeness (QED) is 0.787. The van der Waals surface area contributed by atoms with E-state index in [4.69, 9.17) is 17.3 Å². The predicted octanol–water partition coefficient (Wildman–Crippen LogP) is 4.46. The Balaban J connectivity index is 3.47. The summed E-state index contributed by atoms with van der Waals surface area (Å²) < 4.78 is 61.7. The van der Waals surface area contributed by atoms with Crippen molar-refractivity contribution in [1.82, 2.24) is 0 Å². The van der Waals surface area contributed by atoms with Crippen molar-refractivity contribution in [2.75, 3.05) is 0 Å². The molecule has 88 valence electrons. The highest BCUT2D eigenvalue weighted by molar-refractivity contribution is 8.45. The molecule has 15 heavy (non-hydrogen) atoms. The molecule has 0 saturated heterocycles. The molecule has 0 radical (unpaired) electrons. The SMILES string of the molecule is NCc1cc(Cl)cc(S(F)(F)(F)(F)F)c1. The van der Waals surface area contributed by atoms with Crippen molar-refractivity contribution in [3.05, 3.63) is 28.8 Å². The summed E-state index contributed by atoms with van der Waals surface area (Å²) in [6.45, 7) is -0.290. The maximum Gasteiger partial charge on any atom is 0.310 e. The van der Waals surface area contributed by atoms with Gasteiger partial charge in [0.25, 0.3) is 0 Å². The summed E-state index contributed by atoms with van der Waals surface area (Å²) in [5, 5.41) is -0.416. The third-order valence-corrected chi connectivity index (χ3v) is 2.96. The molecule has 1 rings (SSSR count). The van der Waals surface area contributed by atoms with Gasteiger partial charge >= 0.3 is 10.2 Å². The van der Waals surface area contributed by atoms with Gasteiger partial charge in [0, 0.05) is 11.6 Å². The summed E-state index contributed by atoms with van der Waals surface area (Å²) >= 11 is 5.29. The molecule has 0 spiro atoms. The van der Waals surface area contributed by atoms with Gasteiger partial charge in [-0.3, -0.25) is 0 Å². The maximum absolute atomic E-state index is 12.3.